The first kappa shape index (κ1) is 39.0. The van der Waals surface area contributed by atoms with Gasteiger partial charge in [0.15, 0.2) is 6.10 Å². The Kier molecular flexibility index (Phi) is 12.0. The molecule has 2 aliphatic heterocycles. The normalized spacial score (nSPS) is 18.4. The summed E-state index contributed by atoms with van der Waals surface area (Å²) >= 11 is 6.70. The number of anilines is 1. The number of halogens is 1. The number of piperidine rings is 1. The molecule has 1 saturated heterocycles. The molecular weight excluding hydrogens is 722 g/mol. The first-order chi connectivity index (χ1) is 27.1. The number of hydrogen-bond donors (Lipinski definition) is 1. The van der Waals surface area contributed by atoms with Crippen molar-refractivity contribution in [2.45, 2.75) is 76.5 Å². The van der Waals surface area contributed by atoms with Gasteiger partial charge in [0.1, 0.15) is 24.0 Å². The monoisotopic (exact) mass is 769 g/mol. The largest absolute Gasteiger partial charge is 0.444 e. The smallest absolute Gasteiger partial charge is 0.407 e. The lowest BCUT2D eigenvalue weighted by atomic mass is 9.88. The van der Waals surface area contributed by atoms with Crippen molar-refractivity contribution in [1.29, 1.82) is 0 Å². The molecular formula is C47H48ClN3O5. The minimum atomic E-state index is -1.12. The molecule has 0 spiro atoms. The Morgan fingerprint density at radius 1 is 0.839 bits per heavy atom. The fraction of sp³-hybridized carbons (Fsp3) is 0.298. The van der Waals surface area contributed by atoms with E-state index in [-0.39, 0.29) is 19.0 Å². The van der Waals surface area contributed by atoms with Crippen LogP contribution in [0.2, 0.25) is 5.02 Å². The molecule has 0 radical (unpaired) electrons. The summed E-state index contributed by atoms with van der Waals surface area (Å²) in [6, 6.07) is 41.2. The second kappa shape index (κ2) is 17.2. The molecule has 0 saturated carbocycles. The molecule has 0 aliphatic carbocycles. The van der Waals surface area contributed by atoms with Crippen LogP contribution >= 0.6 is 11.6 Å². The van der Waals surface area contributed by atoms with Crippen molar-refractivity contribution in [3.63, 3.8) is 0 Å². The summed E-state index contributed by atoms with van der Waals surface area (Å²) in [5.74, 6) is 0.0743. The molecule has 7 rings (SSSR count). The molecule has 1 N–H and O–H groups in total. The minimum absolute atomic E-state index is 0.221. The molecule has 3 unspecified atom stereocenters. The van der Waals surface area contributed by atoms with Gasteiger partial charge in [-0.05, 0) is 104 Å². The van der Waals surface area contributed by atoms with E-state index < -0.39 is 29.9 Å². The van der Waals surface area contributed by atoms with Gasteiger partial charge >= 0.3 is 6.09 Å². The molecule has 56 heavy (non-hydrogen) atoms. The molecule has 9 heteroatoms. The first-order valence-corrected chi connectivity index (χ1v) is 19.6. The van der Waals surface area contributed by atoms with E-state index >= 15 is 4.79 Å². The summed E-state index contributed by atoms with van der Waals surface area (Å²) in [6.07, 6.45) is 0.198. The van der Waals surface area contributed by atoms with Gasteiger partial charge < -0.3 is 24.5 Å². The average molecular weight is 770 g/mol. The number of likely N-dealkylation sites (tertiary alicyclic amines) is 1. The van der Waals surface area contributed by atoms with Crippen LogP contribution in [0.15, 0.2) is 127 Å². The standard InChI is InChI=1S/C47H48ClN3O5/c1-47(2,3)56-46(54)49-29-33-11-10-16-38(27-33)43-40-28-39(48)21-22-41(40)51(30-32-17-19-36(20-18-32)34-12-6-4-7-13-34)45(53)44(55-43)42(31-52)50-25-23-37(24-26-50)35-14-8-5-9-15-35/h4-22,27-28,31,37,42-44H,23-26,29-30H2,1-3H3,(H,49,54). The highest BCUT2D eigenvalue weighted by Gasteiger charge is 2.43. The number of nitrogens with zero attached hydrogens (tertiary/aromatic N) is 2. The maximum absolute atomic E-state index is 15.1. The van der Waals surface area contributed by atoms with E-state index in [2.05, 4.69) is 58.7 Å². The van der Waals surface area contributed by atoms with E-state index in [1.165, 1.54) is 5.56 Å². The SMILES string of the molecule is CC(C)(C)OC(=O)NCc1cccc(C2OC(C(C=O)N3CCC(c4ccccc4)CC3)C(=O)N(Cc3ccc(-c4ccccc4)cc3)c3ccc(Cl)cc32)c1. The average Bonchev–Trinajstić information content (AvgIpc) is 3.32. The van der Waals surface area contributed by atoms with Crippen molar-refractivity contribution >= 4 is 35.6 Å². The van der Waals surface area contributed by atoms with Crippen LogP contribution in [0.25, 0.3) is 11.1 Å². The number of alkyl carbamates (subject to hydrolysis) is 1. The highest BCUT2D eigenvalue weighted by Crippen LogP contribution is 2.42. The van der Waals surface area contributed by atoms with E-state index in [0.717, 1.165) is 46.9 Å². The van der Waals surface area contributed by atoms with E-state index in [0.29, 0.717) is 35.3 Å². The van der Waals surface area contributed by atoms with E-state index in [4.69, 9.17) is 21.1 Å². The van der Waals surface area contributed by atoms with Crippen LogP contribution in [0.1, 0.15) is 73.5 Å². The maximum atomic E-state index is 15.1. The number of nitrogens with one attached hydrogen (secondary N) is 1. The Bertz CT molecular complexity index is 2130. The molecule has 2 aliphatic rings. The third kappa shape index (κ3) is 9.22. The number of carbonyl (C=O) groups excluding carboxylic acids is 3. The maximum Gasteiger partial charge on any atom is 0.407 e. The molecule has 2 heterocycles. The number of ether oxygens (including phenoxy) is 2. The van der Waals surface area contributed by atoms with Gasteiger partial charge in [-0.25, -0.2) is 4.79 Å². The van der Waals surface area contributed by atoms with Crippen molar-refractivity contribution in [3.8, 4) is 11.1 Å². The van der Waals surface area contributed by atoms with Crippen LogP contribution in [0.5, 0.6) is 0 Å². The molecule has 2 amide bonds. The molecule has 8 nitrogen and oxygen atoms in total. The van der Waals surface area contributed by atoms with Crippen LogP contribution in [0.4, 0.5) is 10.5 Å². The number of hydrogen-bond acceptors (Lipinski definition) is 6. The van der Waals surface area contributed by atoms with Crippen molar-refractivity contribution < 1.29 is 23.9 Å². The number of carbonyl (C=O) groups is 3. The van der Waals surface area contributed by atoms with E-state index in [1.54, 1.807) is 11.0 Å². The van der Waals surface area contributed by atoms with Gasteiger partial charge in [0.2, 0.25) is 0 Å². The van der Waals surface area contributed by atoms with Gasteiger partial charge in [-0.2, -0.15) is 0 Å². The van der Waals surface area contributed by atoms with Gasteiger partial charge in [-0.15, -0.1) is 0 Å². The van der Waals surface area contributed by atoms with Crippen molar-refractivity contribution in [2.75, 3.05) is 18.0 Å². The zero-order valence-electron chi connectivity index (χ0n) is 32.1. The van der Waals surface area contributed by atoms with Gasteiger partial charge in [-0.3, -0.25) is 9.69 Å². The molecule has 5 aromatic rings. The Hall–Kier alpha value is -5.28. The molecule has 288 valence electrons. The number of aldehydes is 1. The number of benzene rings is 5. The predicted molar refractivity (Wildman–Crippen MR) is 221 cm³/mol. The highest BCUT2D eigenvalue weighted by molar-refractivity contribution is 6.30. The second-order valence-corrected chi connectivity index (χ2v) is 16.0. The minimum Gasteiger partial charge on any atom is -0.444 e. The number of amides is 2. The summed E-state index contributed by atoms with van der Waals surface area (Å²) in [5, 5.41) is 3.33. The van der Waals surface area contributed by atoms with Crippen LogP contribution in [0.3, 0.4) is 0 Å². The molecule has 1 fully saturated rings. The quantitative estimate of drug-likeness (QED) is 0.143. The number of fused-ring (bicyclic) bond motifs is 1. The summed E-state index contributed by atoms with van der Waals surface area (Å²) in [4.78, 5) is 44.7. The van der Waals surface area contributed by atoms with Crippen LogP contribution in [0, 0.1) is 0 Å². The first-order valence-electron chi connectivity index (χ1n) is 19.3. The highest BCUT2D eigenvalue weighted by atomic mass is 35.5. The third-order valence-electron chi connectivity index (χ3n) is 10.5. The molecule has 0 aromatic heterocycles. The topological polar surface area (TPSA) is 88.2 Å². The zero-order chi connectivity index (χ0) is 39.2. The van der Waals surface area contributed by atoms with Crippen LogP contribution in [-0.2, 0) is 32.2 Å². The Morgan fingerprint density at radius 3 is 2.18 bits per heavy atom. The molecule has 3 atom stereocenters. The summed E-state index contributed by atoms with van der Waals surface area (Å²) in [7, 11) is 0. The third-order valence-corrected chi connectivity index (χ3v) is 10.8. The fourth-order valence-electron chi connectivity index (χ4n) is 7.75. The van der Waals surface area contributed by atoms with Gasteiger partial charge in [0.25, 0.3) is 5.91 Å². The summed E-state index contributed by atoms with van der Waals surface area (Å²) < 4.78 is 12.4. The van der Waals surface area contributed by atoms with Crippen LogP contribution < -0.4 is 10.2 Å². The van der Waals surface area contributed by atoms with Crippen molar-refractivity contribution in [3.05, 3.63) is 160 Å². The Morgan fingerprint density at radius 2 is 1.50 bits per heavy atom. The van der Waals surface area contributed by atoms with Gasteiger partial charge in [0, 0.05) is 17.1 Å². The number of rotatable bonds is 10. The summed E-state index contributed by atoms with van der Waals surface area (Å²) in [5.41, 5.74) is 6.71. The Labute approximate surface area is 334 Å². The molecule has 0 bridgehead atoms. The fourth-order valence-corrected chi connectivity index (χ4v) is 7.94. The zero-order valence-corrected chi connectivity index (χ0v) is 32.8. The molecule has 5 aromatic carbocycles. The van der Waals surface area contributed by atoms with Crippen LogP contribution in [-0.4, -0.2) is 54.0 Å². The van der Waals surface area contributed by atoms with E-state index in [1.807, 2.05) is 93.6 Å². The lowest BCUT2D eigenvalue weighted by Gasteiger charge is -2.39. The van der Waals surface area contributed by atoms with Gasteiger partial charge in [0.05, 0.1) is 12.2 Å². The predicted octanol–water partition coefficient (Wildman–Crippen LogP) is 9.50. The summed E-state index contributed by atoms with van der Waals surface area (Å²) in [6.45, 7) is 7.22. The lowest BCUT2D eigenvalue weighted by molar-refractivity contribution is -0.142. The van der Waals surface area contributed by atoms with Crippen molar-refractivity contribution in [1.82, 2.24) is 10.2 Å². The Balaban J connectivity index is 1.24. The van der Waals surface area contributed by atoms with Gasteiger partial charge in [-0.1, -0.05) is 121 Å². The van der Waals surface area contributed by atoms with Crippen molar-refractivity contribution in [2.24, 2.45) is 0 Å². The second-order valence-electron chi connectivity index (χ2n) is 15.6. The lowest BCUT2D eigenvalue weighted by Crippen LogP contribution is -2.55. The van der Waals surface area contributed by atoms with E-state index in [9.17, 15) is 9.59 Å².